The second kappa shape index (κ2) is 7.74. The van der Waals surface area contributed by atoms with Gasteiger partial charge in [-0.1, -0.05) is 0 Å². The predicted molar refractivity (Wildman–Crippen MR) is 94.9 cm³/mol. The number of carbonyl (C=O) groups is 3. The largest absolute Gasteiger partial charge is 0.478 e. The van der Waals surface area contributed by atoms with Crippen LogP contribution >= 0.6 is 11.3 Å². The molecule has 3 rings (SSSR count). The van der Waals surface area contributed by atoms with Crippen LogP contribution in [-0.4, -0.2) is 34.3 Å². The van der Waals surface area contributed by atoms with E-state index in [0.717, 1.165) is 6.42 Å². The number of carboxylic acids is 1. The van der Waals surface area contributed by atoms with Gasteiger partial charge in [0.1, 0.15) is 17.1 Å². The van der Waals surface area contributed by atoms with Crippen LogP contribution in [0, 0.1) is 6.92 Å². The van der Waals surface area contributed by atoms with Gasteiger partial charge in [-0.2, -0.15) is 0 Å². The Labute approximate surface area is 154 Å². The van der Waals surface area contributed by atoms with Crippen molar-refractivity contribution in [1.29, 1.82) is 0 Å². The molecule has 0 aliphatic carbocycles. The molecule has 0 spiro atoms. The summed E-state index contributed by atoms with van der Waals surface area (Å²) in [6, 6.07) is 3.44. The van der Waals surface area contributed by atoms with Crippen LogP contribution in [0.2, 0.25) is 0 Å². The number of nitrogens with one attached hydrogen (secondary N) is 1. The number of rotatable bonds is 6. The van der Waals surface area contributed by atoms with E-state index in [4.69, 9.17) is 9.52 Å². The molecule has 2 aromatic rings. The molecule has 0 fully saturated rings. The second-order valence-corrected chi connectivity index (χ2v) is 7.20. The Balaban J connectivity index is 1.43. The van der Waals surface area contributed by atoms with Crippen molar-refractivity contribution in [3.8, 4) is 0 Å². The van der Waals surface area contributed by atoms with Crippen molar-refractivity contribution in [3.05, 3.63) is 45.0 Å². The van der Waals surface area contributed by atoms with Crippen LogP contribution < -0.4 is 5.32 Å². The summed E-state index contributed by atoms with van der Waals surface area (Å²) in [5, 5.41) is 13.7. The summed E-state index contributed by atoms with van der Waals surface area (Å²) < 4.78 is 5.30. The van der Waals surface area contributed by atoms with E-state index in [-0.39, 0.29) is 36.8 Å². The minimum absolute atomic E-state index is 0.0287. The van der Waals surface area contributed by atoms with Crippen molar-refractivity contribution in [2.24, 2.45) is 0 Å². The van der Waals surface area contributed by atoms with Crippen LogP contribution in [0.5, 0.6) is 0 Å². The number of aromatic carboxylic acids is 1. The molecule has 0 unspecified atom stereocenters. The first-order chi connectivity index (χ1) is 12.4. The third-order valence-corrected chi connectivity index (χ3v) is 5.41. The first-order valence-corrected chi connectivity index (χ1v) is 9.24. The monoisotopic (exact) mass is 376 g/mol. The number of furan rings is 1. The van der Waals surface area contributed by atoms with Gasteiger partial charge in [-0.05, 0) is 36.4 Å². The maximum atomic E-state index is 12.3. The molecule has 26 heavy (non-hydrogen) atoms. The maximum absolute atomic E-state index is 12.3. The van der Waals surface area contributed by atoms with E-state index in [1.807, 2.05) is 11.4 Å². The maximum Gasteiger partial charge on any atom is 0.339 e. The van der Waals surface area contributed by atoms with Gasteiger partial charge in [-0.25, -0.2) is 4.79 Å². The van der Waals surface area contributed by atoms with Crippen LogP contribution in [-0.2, 0) is 29.1 Å². The third kappa shape index (κ3) is 4.13. The molecule has 2 aromatic heterocycles. The van der Waals surface area contributed by atoms with E-state index in [9.17, 15) is 14.4 Å². The zero-order chi connectivity index (χ0) is 18.7. The molecule has 0 bridgehead atoms. The summed E-state index contributed by atoms with van der Waals surface area (Å²) in [6.07, 6.45) is 1.12. The standard InChI is InChI=1S/C18H20N2O5S/c1-11-14(18(23)24)8-13(25-11)9-19-16(21)2-3-17(22)20-6-4-15-12(10-20)5-7-26-15/h5,7-8H,2-4,6,9-10H2,1H3,(H,19,21)(H,23,24). The Morgan fingerprint density at radius 2 is 2.15 bits per heavy atom. The van der Waals surface area contributed by atoms with Gasteiger partial charge < -0.3 is 19.7 Å². The Morgan fingerprint density at radius 3 is 2.88 bits per heavy atom. The number of carbonyl (C=O) groups excluding carboxylic acids is 2. The second-order valence-electron chi connectivity index (χ2n) is 6.20. The lowest BCUT2D eigenvalue weighted by atomic mass is 10.1. The number of aryl methyl sites for hydroxylation is 1. The first kappa shape index (κ1) is 18.2. The minimum Gasteiger partial charge on any atom is -0.478 e. The van der Waals surface area contributed by atoms with Gasteiger partial charge in [0.15, 0.2) is 0 Å². The molecule has 0 saturated carbocycles. The lowest BCUT2D eigenvalue weighted by Gasteiger charge is -2.27. The summed E-state index contributed by atoms with van der Waals surface area (Å²) >= 11 is 1.72. The first-order valence-electron chi connectivity index (χ1n) is 8.36. The molecular weight excluding hydrogens is 356 g/mol. The number of carboxylic acid groups (broad SMARTS) is 1. The van der Waals surface area contributed by atoms with Crippen LogP contribution in [0.3, 0.4) is 0 Å². The van der Waals surface area contributed by atoms with E-state index in [2.05, 4.69) is 5.32 Å². The number of fused-ring (bicyclic) bond motifs is 1. The molecule has 0 saturated heterocycles. The Morgan fingerprint density at radius 1 is 1.35 bits per heavy atom. The summed E-state index contributed by atoms with van der Waals surface area (Å²) in [4.78, 5) is 38.3. The topological polar surface area (TPSA) is 99.9 Å². The van der Waals surface area contributed by atoms with Gasteiger partial charge in [0, 0.05) is 30.8 Å². The van der Waals surface area contributed by atoms with Crippen molar-refractivity contribution >= 4 is 29.1 Å². The SMILES string of the molecule is Cc1oc(CNC(=O)CCC(=O)N2CCc3sccc3C2)cc1C(=O)O. The lowest BCUT2D eigenvalue weighted by molar-refractivity contribution is -0.134. The van der Waals surface area contributed by atoms with E-state index < -0.39 is 5.97 Å². The number of nitrogens with zero attached hydrogens (tertiary/aromatic N) is 1. The summed E-state index contributed by atoms with van der Waals surface area (Å²) in [5.41, 5.74) is 1.28. The fourth-order valence-corrected chi connectivity index (χ4v) is 3.85. The molecule has 138 valence electrons. The molecule has 2 amide bonds. The van der Waals surface area contributed by atoms with Crippen molar-refractivity contribution in [1.82, 2.24) is 10.2 Å². The Bertz CT molecular complexity index is 839. The van der Waals surface area contributed by atoms with Gasteiger partial charge in [-0.15, -0.1) is 11.3 Å². The van der Waals surface area contributed by atoms with Gasteiger partial charge in [0.05, 0.1) is 6.54 Å². The number of hydrogen-bond acceptors (Lipinski definition) is 5. The average Bonchev–Trinajstić information content (AvgIpc) is 3.23. The predicted octanol–water partition coefficient (Wildman–Crippen LogP) is 2.33. The summed E-state index contributed by atoms with van der Waals surface area (Å²) in [6.45, 7) is 2.97. The summed E-state index contributed by atoms with van der Waals surface area (Å²) in [5.74, 6) is -0.684. The van der Waals surface area contributed by atoms with Crippen molar-refractivity contribution < 1.29 is 23.9 Å². The number of hydrogen-bond donors (Lipinski definition) is 2. The molecule has 0 radical (unpaired) electrons. The minimum atomic E-state index is -1.07. The van der Waals surface area contributed by atoms with Crippen LogP contribution in [0.1, 0.15) is 45.2 Å². The number of amides is 2. The Hall–Kier alpha value is -2.61. The highest BCUT2D eigenvalue weighted by molar-refractivity contribution is 7.10. The molecule has 2 N–H and O–H groups in total. The lowest BCUT2D eigenvalue weighted by Crippen LogP contribution is -2.36. The average molecular weight is 376 g/mol. The normalized spacial score (nSPS) is 13.3. The van der Waals surface area contributed by atoms with Gasteiger partial charge >= 0.3 is 5.97 Å². The van der Waals surface area contributed by atoms with Crippen LogP contribution in [0.15, 0.2) is 21.9 Å². The zero-order valence-electron chi connectivity index (χ0n) is 14.4. The van der Waals surface area contributed by atoms with E-state index in [0.29, 0.717) is 24.6 Å². The fraction of sp³-hybridized carbons (Fsp3) is 0.389. The van der Waals surface area contributed by atoms with E-state index >= 15 is 0 Å². The molecule has 0 aromatic carbocycles. The smallest absolute Gasteiger partial charge is 0.339 e. The quantitative estimate of drug-likeness (QED) is 0.806. The highest BCUT2D eigenvalue weighted by Crippen LogP contribution is 2.24. The highest BCUT2D eigenvalue weighted by Gasteiger charge is 2.22. The fourth-order valence-electron chi connectivity index (χ4n) is 2.96. The molecule has 8 heteroatoms. The third-order valence-electron chi connectivity index (χ3n) is 4.39. The molecule has 0 atom stereocenters. The molecule has 1 aliphatic heterocycles. The van der Waals surface area contributed by atoms with Gasteiger partial charge in [0.2, 0.25) is 11.8 Å². The number of thiophene rings is 1. The van der Waals surface area contributed by atoms with Crippen molar-refractivity contribution in [2.45, 2.75) is 39.3 Å². The van der Waals surface area contributed by atoms with E-state index in [1.54, 1.807) is 23.2 Å². The molecule has 1 aliphatic rings. The zero-order valence-corrected chi connectivity index (χ0v) is 15.2. The summed E-state index contributed by atoms with van der Waals surface area (Å²) in [7, 11) is 0. The van der Waals surface area contributed by atoms with Crippen LogP contribution in [0.25, 0.3) is 0 Å². The van der Waals surface area contributed by atoms with E-state index in [1.165, 1.54) is 16.5 Å². The van der Waals surface area contributed by atoms with Crippen LogP contribution in [0.4, 0.5) is 0 Å². The Kier molecular flexibility index (Phi) is 5.41. The molecular formula is C18H20N2O5S. The van der Waals surface area contributed by atoms with Gasteiger partial charge in [-0.3, -0.25) is 9.59 Å². The molecule has 7 nitrogen and oxygen atoms in total. The van der Waals surface area contributed by atoms with Crippen molar-refractivity contribution in [2.75, 3.05) is 6.54 Å². The molecule has 3 heterocycles. The van der Waals surface area contributed by atoms with Crippen molar-refractivity contribution in [3.63, 3.8) is 0 Å². The van der Waals surface area contributed by atoms with Gasteiger partial charge in [0.25, 0.3) is 0 Å². The highest BCUT2D eigenvalue weighted by atomic mass is 32.1.